The van der Waals surface area contributed by atoms with E-state index in [1.165, 1.54) is 30.4 Å². The molecule has 0 radical (unpaired) electrons. The van der Waals surface area contributed by atoms with Crippen molar-refractivity contribution in [2.45, 2.75) is 40.0 Å². The molecule has 0 heteroatoms. The van der Waals surface area contributed by atoms with Crippen LogP contribution in [0.15, 0.2) is 36.0 Å². The van der Waals surface area contributed by atoms with Crippen molar-refractivity contribution in [1.29, 1.82) is 0 Å². The first-order chi connectivity index (χ1) is 5.72. The molecule has 0 N–H and O–H groups in total. The Bertz CT molecular complexity index is 178. The van der Waals surface area contributed by atoms with Gasteiger partial charge in [-0.1, -0.05) is 43.7 Å². The lowest BCUT2D eigenvalue weighted by Crippen LogP contribution is -1.82. The van der Waals surface area contributed by atoms with E-state index >= 15 is 0 Å². The molecular weight excluding hydrogens is 144 g/mol. The fourth-order valence-electron chi connectivity index (χ4n) is 1.05. The van der Waals surface area contributed by atoms with Crippen molar-refractivity contribution in [2.24, 2.45) is 0 Å². The standard InChI is InChI=1S/C12H20/c1-5-7-9-12(11(3)4)10-8-6-2/h5,7,9H,1,6,8,10H2,2-4H3. The van der Waals surface area contributed by atoms with Gasteiger partial charge in [0.15, 0.2) is 0 Å². The van der Waals surface area contributed by atoms with Crippen molar-refractivity contribution in [3.8, 4) is 0 Å². The van der Waals surface area contributed by atoms with Crippen molar-refractivity contribution in [2.75, 3.05) is 0 Å². The van der Waals surface area contributed by atoms with Gasteiger partial charge >= 0.3 is 0 Å². The minimum absolute atomic E-state index is 1.20. The van der Waals surface area contributed by atoms with E-state index in [2.05, 4.69) is 33.4 Å². The van der Waals surface area contributed by atoms with Crippen molar-refractivity contribution >= 4 is 0 Å². The summed E-state index contributed by atoms with van der Waals surface area (Å²) < 4.78 is 0. The number of unbranched alkanes of at least 4 members (excludes halogenated alkanes) is 1. The fraction of sp³-hybridized carbons (Fsp3) is 0.500. The third-order valence-corrected chi connectivity index (χ3v) is 1.88. The van der Waals surface area contributed by atoms with Crippen LogP contribution in [0.4, 0.5) is 0 Å². The third-order valence-electron chi connectivity index (χ3n) is 1.88. The van der Waals surface area contributed by atoms with Gasteiger partial charge in [0.05, 0.1) is 0 Å². The van der Waals surface area contributed by atoms with Crippen LogP contribution in [0, 0.1) is 0 Å². The zero-order valence-corrected chi connectivity index (χ0v) is 8.56. The molecule has 0 aliphatic carbocycles. The van der Waals surface area contributed by atoms with Crippen LogP contribution in [0.3, 0.4) is 0 Å². The van der Waals surface area contributed by atoms with E-state index in [0.29, 0.717) is 0 Å². The lowest BCUT2D eigenvalue weighted by molar-refractivity contribution is 0.792. The maximum absolute atomic E-state index is 3.66. The molecule has 0 atom stereocenters. The molecule has 0 amide bonds. The summed E-state index contributed by atoms with van der Waals surface area (Å²) in [6.07, 6.45) is 9.74. The fourth-order valence-corrected chi connectivity index (χ4v) is 1.05. The molecule has 0 rings (SSSR count). The second-order valence-corrected chi connectivity index (χ2v) is 3.22. The summed E-state index contributed by atoms with van der Waals surface area (Å²) in [7, 11) is 0. The average Bonchev–Trinajstić information content (AvgIpc) is 2.04. The number of rotatable bonds is 5. The number of hydrogen-bond acceptors (Lipinski definition) is 0. The monoisotopic (exact) mass is 164 g/mol. The minimum Gasteiger partial charge on any atom is -0.0991 e. The molecule has 0 unspecified atom stereocenters. The molecular formula is C12H20. The lowest BCUT2D eigenvalue weighted by Gasteiger charge is -2.02. The van der Waals surface area contributed by atoms with E-state index in [1.54, 1.807) is 0 Å². The van der Waals surface area contributed by atoms with Crippen LogP contribution < -0.4 is 0 Å². The van der Waals surface area contributed by atoms with Crippen molar-refractivity contribution in [3.05, 3.63) is 36.0 Å². The lowest BCUT2D eigenvalue weighted by atomic mass is 10.0. The second-order valence-electron chi connectivity index (χ2n) is 3.22. The SMILES string of the molecule is C=CC=CC(CCCC)=C(C)C. The first-order valence-electron chi connectivity index (χ1n) is 4.67. The van der Waals surface area contributed by atoms with Gasteiger partial charge in [0.2, 0.25) is 0 Å². The molecule has 0 bridgehead atoms. The maximum atomic E-state index is 3.66. The Kier molecular flexibility index (Phi) is 6.45. The third kappa shape index (κ3) is 4.95. The van der Waals surface area contributed by atoms with Gasteiger partial charge < -0.3 is 0 Å². The smallest absolute Gasteiger partial charge is 0.0280 e. The Labute approximate surface area is 76.7 Å². The minimum atomic E-state index is 1.20. The topological polar surface area (TPSA) is 0 Å². The maximum Gasteiger partial charge on any atom is -0.0280 e. The summed E-state index contributed by atoms with van der Waals surface area (Å²) in [5, 5.41) is 0. The summed E-state index contributed by atoms with van der Waals surface area (Å²) in [6, 6.07) is 0. The van der Waals surface area contributed by atoms with Crippen LogP contribution in [0.5, 0.6) is 0 Å². The van der Waals surface area contributed by atoms with Crippen LogP contribution in [-0.2, 0) is 0 Å². The van der Waals surface area contributed by atoms with Crippen molar-refractivity contribution in [1.82, 2.24) is 0 Å². The Morgan fingerprint density at radius 3 is 2.42 bits per heavy atom. The molecule has 0 aliphatic rings. The first-order valence-corrected chi connectivity index (χ1v) is 4.67. The van der Waals surface area contributed by atoms with E-state index in [0.717, 1.165) is 0 Å². The summed E-state index contributed by atoms with van der Waals surface area (Å²) in [5.74, 6) is 0. The Morgan fingerprint density at radius 1 is 1.33 bits per heavy atom. The van der Waals surface area contributed by atoms with Gasteiger partial charge in [0.25, 0.3) is 0 Å². The van der Waals surface area contributed by atoms with E-state index in [1.807, 2.05) is 12.2 Å². The largest absolute Gasteiger partial charge is 0.0991 e. The van der Waals surface area contributed by atoms with E-state index in [9.17, 15) is 0 Å². The molecule has 0 fully saturated rings. The van der Waals surface area contributed by atoms with Gasteiger partial charge in [0.1, 0.15) is 0 Å². The zero-order valence-electron chi connectivity index (χ0n) is 8.56. The molecule has 68 valence electrons. The summed E-state index contributed by atoms with van der Waals surface area (Å²) in [4.78, 5) is 0. The molecule has 0 nitrogen and oxygen atoms in total. The molecule has 0 aromatic heterocycles. The summed E-state index contributed by atoms with van der Waals surface area (Å²) in [5.41, 5.74) is 2.87. The van der Waals surface area contributed by atoms with Gasteiger partial charge in [-0.25, -0.2) is 0 Å². The van der Waals surface area contributed by atoms with Crippen molar-refractivity contribution < 1.29 is 0 Å². The highest BCUT2D eigenvalue weighted by molar-refractivity contribution is 5.25. The quantitative estimate of drug-likeness (QED) is 0.533. The molecule has 0 aromatic rings. The van der Waals surface area contributed by atoms with Crippen LogP contribution in [0.2, 0.25) is 0 Å². The number of hydrogen-bond donors (Lipinski definition) is 0. The van der Waals surface area contributed by atoms with E-state index in [-0.39, 0.29) is 0 Å². The summed E-state index contributed by atoms with van der Waals surface area (Å²) >= 11 is 0. The van der Waals surface area contributed by atoms with Crippen LogP contribution in [-0.4, -0.2) is 0 Å². The van der Waals surface area contributed by atoms with Gasteiger partial charge in [-0.2, -0.15) is 0 Å². The highest BCUT2D eigenvalue weighted by Gasteiger charge is 1.93. The molecule has 0 saturated heterocycles. The van der Waals surface area contributed by atoms with Crippen molar-refractivity contribution in [3.63, 3.8) is 0 Å². The van der Waals surface area contributed by atoms with E-state index < -0.39 is 0 Å². The molecule has 0 aromatic carbocycles. The predicted molar refractivity (Wildman–Crippen MR) is 57.2 cm³/mol. The molecule has 0 spiro atoms. The number of allylic oxidation sites excluding steroid dienone is 5. The van der Waals surface area contributed by atoms with Gasteiger partial charge in [-0.3, -0.25) is 0 Å². The molecule has 0 saturated carbocycles. The molecule has 12 heavy (non-hydrogen) atoms. The highest BCUT2D eigenvalue weighted by Crippen LogP contribution is 2.13. The van der Waals surface area contributed by atoms with Crippen LogP contribution >= 0.6 is 0 Å². The van der Waals surface area contributed by atoms with Gasteiger partial charge in [-0.05, 0) is 32.3 Å². The highest BCUT2D eigenvalue weighted by atomic mass is 14.0. The molecule has 0 heterocycles. The zero-order chi connectivity index (χ0) is 9.40. The van der Waals surface area contributed by atoms with Gasteiger partial charge in [0, 0.05) is 0 Å². The predicted octanol–water partition coefficient (Wildman–Crippen LogP) is 4.26. The summed E-state index contributed by atoms with van der Waals surface area (Å²) in [6.45, 7) is 10.2. The molecule has 0 aliphatic heterocycles. The Hall–Kier alpha value is -0.780. The second kappa shape index (κ2) is 6.90. The average molecular weight is 164 g/mol. The first kappa shape index (κ1) is 11.2. The van der Waals surface area contributed by atoms with Crippen LogP contribution in [0.1, 0.15) is 40.0 Å². The van der Waals surface area contributed by atoms with Crippen LogP contribution in [0.25, 0.3) is 0 Å². The Morgan fingerprint density at radius 2 is 2.00 bits per heavy atom. The van der Waals surface area contributed by atoms with E-state index in [4.69, 9.17) is 0 Å². The Balaban J connectivity index is 4.16. The normalized spacial score (nSPS) is 10.2. The van der Waals surface area contributed by atoms with Gasteiger partial charge in [-0.15, -0.1) is 0 Å².